The Kier molecular flexibility index (Phi) is 3.64. The van der Waals surface area contributed by atoms with Crippen molar-refractivity contribution in [3.63, 3.8) is 0 Å². The van der Waals surface area contributed by atoms with Gasteiger partial charge in [0.05, 0.1) is 5.69 Å². The normalized spacial score (nSPS) is 15.4. The maximum absolute atomic E-state index is 14.2. The maximum atomic E-state index is 14.2. The molecule has 3 heterocycles. The van der Waals surface area contributed by atoms with Crippen LogP contribution in [0, 0.1) is 19.7 Å². The monoisotopic (exact) mass is 288 g/mol. The van der Waals surface area contributed by atoms with E-state index in [0.29, 0.717) is 36.4 Å². The highest BCUT2D eigenvalue weighted by Gasteiger charge is 2.23. The maximum Gasteiger partial charge on any atom is 0.225 e. The van der Waals surface area contributed by atoms with Gasteiger partial charge in [0.2, 0.25) is 5.95 Å². The van der Waals surface area contributed by atoms with Crippen LogP contribution in [0.5, 0.6) is 0 Å². The number of hydrogen-bond acceptors (Lipinski definition) is 6. The van der Waals surface area contributed by atoms with Gasteiger partial charge in [-0.1, -0.05) is 0 Å². The lowest BCUT2D eigenvalue weighted by atomic mass is 10.3. The fourth-order valence-corrected chi connectivity index (χ4v) is 2.46. The summed E-state index contributed by atoms with van der Waals surface area (Å²) in [5, 5.41) is 0. The van der Waals surface area contributed by atoms with Crippen molar-refractivity contribution in [3.05, 3.63) is 35.8 Å². The van der Waals surface area contributed by atoms with Gasteiger partial charge in [0.15, 0.2) is 11.6 Å². The summed E-state index contributed by atoms with van der Waals surface area (Å²) in [4.78, 5) is 20.8. The topological polar surface area (TPSA) is 58.0 Å². The summed E-state index contributed by atoms with van der Waals surface area (Å²) in [6, 6.07) is 1.79. The van der Waals surface area contributed by atoms with Crippen LogP contribution in [-0.4, -0.2) is 46.1 Å². The van der Waals surface area contributed by atoms with Crippen molar-refractivity contribution >= 4 is 11.8 Å². The fourth-order valence-electron chi connectivity index (χ4n) is 2.46. The highest BCUT2D eigenvalue weighted by Crippen LogP contribution is 2.21. The van der Waals surface area contributed by atoms with Crippen LogP contribution < -0.4 is 9.80 Å². The summed E-state index contributed by atoms with van der Waals surface area (Å²) in [6.45, 7) is 6.30. The third-order valence-corrected chi connectivity index (χ3v) is 3.53. The molecule has 0 unspecified atom stereocenters. The average Bonchev–Trinajstić information content (AvgIpc) is 2.52. The minimum atomic E-state index is -0.329. The fraction of sp³-hybridized carbons (Fsp3) is 0.429. The Bertz CT molecular complexity index is 625. The second-order valence-electron chi connectivity index (χ2n) is 5.02. The second-order valence-corrected chi connectivity index (χ2v) is 5.02. The third kappa shape index (κ3) is 2.76. The number of anilines is 2. The molecule has 0 bridgehead atoms. The minimum absolute atomic E-state index is 0.329. The van der Waals surface area contributed by atoms with Crippen LogP contribution in [-0.2, 0) is 0 Å². The van der Waals surface area contributed by atoms with E-state index >= 15 is 0 Å². The lowest BCUT2D eigenvalue weighted by Gasteiger charge is -2.35. The molecule has 0 spiro atoms. The number of aryl methyl sites for hydroxylation is 2. The first kappa shape index (κ1) is 13.7. The Morgan fingerprint density at radius 1 is 0.952 bits per heavy atom. The molecule has 21 heavy (non-hydrogen) atoms. The molecule has 3 rings (SSSR count). The predicted molar refractivity (Wildman–Crippen MR) is 77.9 cm³/mol. The lowest BCUT2D eigenvalue weighted by Crippen LogP contribution is -2.47. The Balaban J connectivity index is 1.74. The van der Waals surface area contributed by atoms with E-state index in [1.54, 1.807) is 32.3 Å². The first-order valence-electron chi connectivity index (χ1n) is 6.93. The summed E-state index contributed by atoms with van der Waals surface area (Å²) in [5.74, 6) is 1.38. The zero-order chi connectivity index (χ0) is 14.8. The quantitative estimate of drug-likeness (QED) is 0.831. The predicted octanol–water partition coefficient (Wildman–Crippen LogP) is 1.35. The van der Waals surface area contributed by atoms with E-state index in [9.17, 15) is 4.39 Å². The molecular formula is C14H17FN6. The molecule has 0 N–H and O–H groups in total. The molecule has 0 amide bonds. The van der Waals surface area contributed by atoms with Gasteiger partial charge in [-0.15, -0.1) is 0 Å². The van der Waals surface area contributed by atoms with E-state index in [-0.39, 0.29) is 5.82 Å². The summed E-state index contributed by atoms with van der Waals surface area (Å²) in [7, 11) is 0. The number of halogens is 1. The summed E-state index contributed by atoms with van der Waals surface area (Å²) in [6.07, 6.45) is 3.46. The smallest absolute Gasteiger partial charge is 0.225 e. The number of piperazine rings is 1. The van der Waals surface area contributed by atoms with Crippen LogP contribution in [0.25, 0.3) is 0 Å². The van der Waals surface area contributed by atoms with Gasteiger partial charge >= 0.3 is 0 Å². The first-order valence-corrected chi connectivity index (χ1v) is 6.93. The lowest BCUT2D eigenvalue weighted by molar-refractivity contribution is 0.569. The van der Waals surface area contributed by atoms with Crippen molar-refractivity contribution in [1.29, 1.82) is 0 Å². The summed E-state index contributed by atoms with van der Waals surface area (Å²) >= 11 is 0. The van der Waals surface area contributed by atoms with Crippen molar-refractivity contribution < 1.29 is 4.39 Å². The van der Waals surface area contributed by atoms with Gasteiger partial charge in [0.25, 0.3) is 0 Å². The number of hydrogen-bond donors (Lipinski definition) is 0. The molecule has 0 aliphatic carbocycles. The Hall–Kier alpha value is -2.31. The zero-order valence-corrected chi connectivity index (χ0v) is 12.1. The zero-order valence-electron chi connectivity index (χ0n) is 12.1. The Morgan fingerprint density at radius 2 is 1.57 bits per heavy atom. The van der Waals surface area contributed by atoms with E-state index in [0.717, 1.165) is 13.1 Å². The van der Waals surface area contributed by atoms with E-state index in [4.69, 9.17) is 0 Å². The van der Waals surface area contributed by atoms with Gasteiger partial charge in [-0.25, -0.2) is 24.3 Å². The van der Waals surface area contributed by atoms with E-state index in [1.807, 2.05) is 4.90 Å². The number of aromatic nitrogens is 4. The van der Waals surface area contributed by atoms with Crippen LogP contribution in [0.4, 0.5) is 16.2 Å². The molecule has 0 saturated carbocycles. The van der Waals surface area contributed by atoms with Crippen molar-refractivity contribution in [2.45, 2.75) is 13.8 Å². The van der Waals surface area contributed by atoms with E-state index in [2.05, 4.69) is 24.8 Å². The largest absolute Gasteiger partial charge is 0.351 e. The molecule has 0 atom stereocenters. The standard InChI is InChI=1S/C14H17FN6/c1-10-12(15)13(19-11(2)18-10)20-6-8-21(9-7-20)14-16-4-3-5-17-14/h3-5H,6-9H2,1-2H3. The molecule has 0 radical (unpaired) electrons. The first-order chi connectivity index (χ1) is 10.1. The van der Waals surface area contributed by atoms with Gasteiger partial charge < -0.3 is 9.80 Å². The molecule has 1 fully saturated rings. The van der Waals surface area contributed by atoms with Crippen LogP contribution in [0.1, 0.15) is 11.5 Å². The highest BCUT2D eigenvalue weighted by molar-refractivity contribution is 5.44. The molecule has 2 aromatic heterocycles. The van der Waals surface area contributed by atoms with Crippen molar-refractivity contribution in [2.75, 3.05) is 36.0 Å². The third-order valence-electron chi connectivity index (χ3n) is 3.53. The molecule has 2 aromatic rings. The molecule has 1 aliphatic heterocycles. The molecule has 1 saturated heterocycles. The van der Waals surface area contributed by atoms with E-state index < -0.39 is 0 Å². The Labute approximate surface area is 122 Å². The van der Waals surface area contributed by atoms with Gasteiger partial charge in [-0.2, -0.15) is 0 Å². The van der Waals surface area contributed by atoms with Crippen molar-refractivity contribution in [3.8, 4) is 0 Å². The number of nitrogens with zero attached hydrogens (tertiary/aromatic N) is 6. The molecule has 0 aromatic carbocycles. The molecular weight excluding hydrogens is 271 g/mol. The van der Waals surface area contributed by atoms with Gasteiger partial charge in [-0.3, -0.25) is 0 Å². The van der Waals surface area contributed by atoms with Crippen LogP contribution in [0.3, 0.4) is 0 Å². The van der Waals surface area contributed by atoms with Crippen LogP contribution in [0.2, 0.25) is 0 Å². The average molecular weight is 288 g/mol. The summed E-state index contributed by atoms with van der Waals surface area (Å²) < 4.78 is 14.2. The Morgan fingerprint density at radius 3 is 2.24 bits per heavy atom. The van der Waals surface area contributed by atoms with Gasteiger partial charge in [0.1, 0.15) is 5.82 Å². The number of rotatable bonds is 2. The second kappa shape index (κ2) is 5.59. The highest BCUT2D eigenvalue weighted by atomic mass is 19.1. The molecule has 110 valence electrons. The van der Waals surface area contributed by atoms with Crippen LogP contribution >= 0.6 is 0 Å². The van der Waals surface area contributed by atoms with Crippen molar-refractivity contribution in [1.82, 2.24) is 19.9 Å². The van der Waals surface area contributed by atoms with E-state index in [1.165, 1.54) is 0 Å². The van der Waals surface area contributed by atoms with Gasteiger partial charge in [-0.05, 0) is 19.9 Å². The molecule has 6 nitrogen and oxygen atoms in total. The van der Waals surface area contributed by atoms with Crippen molar-refractivity contribution in [2.24, 2.45) is 0 Å². The van der Waals surface area contributed by atoms with Crippen LogP contribution in [0.15, 0.2) is 18.5 Å². The minimum Gasteiger partial charge on any atom is -0.351 e. The molecule has 1 aliphatic rings. The molecule has 7 heteroatoms. The van der Waals surface area contributed by atoms with Gasteiger partial charge in [0, 0.05) is 38.6 Å². The SMILES string of the molecule is Cc1nc(C)c(F)c(N2CCN(c3ncccn3)CC2)n1. The summed E-state index contributed by atoms with van der Waals surface area (Å²) in [5.41, 5.74) is 0.395.